The van der Waals surface area contributed by atoms with E-state index in [4.69, 9.17) is 5.11 Å². The number of aliphatic hydroxyl groups excluding tert-OH is 1. The van der Waals surface area contributed by atoms with Crippen LogP contribution in [-0.2, 0) is 16.6 Å². The fourth-order valence-electron chi connectivity index (χ4n) is 2.34. The second-order valence-corrected chi connectivity index (χ2v) is 7.08. The normalized spacial score (nSPS) is 16.4. The third kappa shape index (κ3) is 3.02. The maximum absolute atomic E-state index is 13.8. The van der Waals surface area contributed by atoms with Crippen LogP contribution in [0.15, 0.2) is 23.1 Å². The van der Waals surface area contributed by atoms with Gasteiger partial charge in [0.15, 0.2) is 0 Å². The van der Waals surface area contributed by atoms with Crippen molar-refractivity contribution in [3.05, 3.63) is 29.6 Å². The monoisotopic (exact) mass is 301 g/mol. The van der Waals surface area contributed by atoms with Crippen LogP contribution in [0.5, 0.6) is 0 Å². The van der Waals surface area contributed by atoms with Crippen molar-refractivity contribution in [2.75, 3.05) is 13.1 Å². The van der Waals surface area contributed by atoms with E-state index in [2.05, 4.69) is 0 Å². The zero-order valence-corrected chi connectivity index (χ0v) is 12.4. The van der Waals surface area contributed by atoms with Crippen molar-refractivity contribution in [3.63, 3.8) is 0 Å². The van der Waals surface area contributed by atoms with E-state index < -0.39 is 15.8 Å². The molecular formula is C14H20FNO3S. The fraction of sp³-hybridized carbons (Fsp3) is 0.571. The Morgan fingerprint density at radius 2 is 2.10 bits per heavy atom. The van der Waals surface area contributed by atoms with Crippen LogP contribution in [0.2, 0.25) is 0 Å². The summed E-state index contributed by atoms with van der Waals surface area (Å²) < 4.78 is 40.2. The molecule has 0 radical (unpaired) electrons. The van der Waals surface area contributed by atoms with E-state index in [1.807, 2.05) is 0 Å². The minimum Gasteiger partial charge on any atom is -0.392 e. The van der Waals surface area contributed by atoms with Crippen molar-refractivity contribution in [3.8, 4) is 0 Å². The highest BCUT2D eigenvalue weighted by molar-refractivity contribution is 7.89. The van der Waals surface area contributed by atoms with Crippen LogP contribution in [0, 0.1) is 11.7 Å². The first-order valence-electron chi connectivity index (χ1n) is 6.88. The smallest absolute Gasteiger partial charge is 0.245 e. The molecule has 0 aliphatic heterocycles. The van der Waals surface area contributed by atoms with Gasteiger partial charge in [0.2, 0.25) is 10.0 Å². The first-order valence-corrected chi connectivity index (χ1v) is 8.32. The van der Waals surface area contributed by atoms with E-state index in [9.17, 15) is 12.8 Å². The molecule has 1 fully saturated rings. The standard InChI is InChI=1S/C14H20FNO3S/c1-2-16(9-11-4-3-5-11)20(18,19)14-8-12(10-17)6-7-13(14)15/h6-8,11,17H,2-5,9-10H2,1H3. The molecule has 6 heteroatoms. The van der Waals surface area contributed by atoms with E-state index in [1.165, 1.54) is 16.4 Å². The molecule has 1 aromatic carbocycles. The lowest BCUT2D eigenvalue weighted by molar-refractivity contribution is 0.249. The second kappa shape index (κ2) is 6.20. The summed E-state index contributed by atoms with van der Waals surface area (Å²) >= 11 is 0. The molecule has 2 rings (SSSR count). The average Bonchev–Trinajstić information content (AvgIpc) is 2.37. The van der Waals surface area contributed by atoms with Gasteiger partial charge in [-0.25, -0.2) is 12.8 Å². The SMILES string of the molecule is CCN(CC1CCC1)S(=O)(=O)c1cc(CO)ccc1F. The molecule has 1 aliphatic carbocycles. The number of rotatable bonds is 6. The van der Waals surface area contributed by atoms with Crippen LogP contribution in [0.1, 0.15) is 31.7 Å². The molecule has 1 aromatic rings. The fourth-order valence-corrected chi connectivity index (χ4v) is 3.98. The van der Waals surface area contributed by atoms with Crippen molar-refractivity contribution in [1.82, 2.24) is 4.31 Å². The summed E-state index contributed by atoms with van der Waals surface area (Å²) in [6.07, 6.45) is 3.20. The second-order valence-electron chi connectivity index (χ2n) is 5.18. The molecule has 0 amide bonds. The van der Waals surface area contributed by atoms with Gasteiger partial charge in [0, 0.05) is 13.1 Å². The summed E-state index contributed by atoms with van der Waals surface area (Å²) in [4.78, 5) is -0.342. The predicted octanol–water partition coefficient (Wildman–Crippen LogP) is 2.13. The van der Waals surface area contributed by atoms with Gasteiger partial charge in [0.05, 0.1) is 6.61 Å². The lowest BCUT2D eigenvalue weighted by Gasteiger charge is -2.31. The van der Waals surface area contributed by atoms with E-state index >= 15 is 0 Å². The van der Waals surface area contributed by atoms with E-state index in [1.54, 1.807) is 6.92 Å². The van der Waals surface area contributed by atoms with Crippen LogP contribution >= 0.6 is 0 Å². The van der Waals surface area contributed by atoms with Gasteiger partial charge in [0.25, 0.3) is 0 Å². The van der Waals surface area contributed by atoms with Gasteiger partial charge in [0.1, 0.15) is 10.7 Å². The molecule has 0 spiro atoms. The molecule has 20 heavy (non-hydrogen) atoms. The Labute approximate surface area is 119 Å². The predicted molar refractivity (Wildman–Crippen MR) is 74.1 cm³/mol. The maximum atomic E-state index is 13.8. The van der Waals surface area contributed by atoms with Crippen LogP contribution in [-0.4, -0.2) is 30.9 Å². The summed E-state index contributed by atoms with van der Waals surface area (Å²) in [7, 11) is -3.84. The van der Waals surface area contributed by atoms with Crippen molar-refractivity contribution in [2.45, 2.75) is 37.7 Å². The van der Waals surface area contributed by atoms with Crippen LogP contribution in [0.3, 0.4) is 0 Å². The molecule has 0 saturated heterocycles. The molecule has 1 N–H and O–H groups in total. The Morgan fingerprint density at radius 3 is 2.60 bits per heavy atom. The maximum Gasteiger partial charge on any atom is 0.245 e. The van der Waals surface area contributed by atoms with Gasteiger partial charge in [-0.3, -0.25) is 0 Å². The number of sulfonamides is 1. The van der Waals surface area contributed by atoms with Crippen molar-refractivity contribution < 1.29 is 17.9 Å². The third-order valence-electron chi connectivity index (χ3n) is 3.84. The minimum absolute atomic E-state index is 0.308. The van der Waals surface area contributed by atoms with Gasteiger partial charge in [-0.15, -0.1) is 0 Å². The molecule has 0 bridgehead atoms. The lowest BCUT2D eigenvalue weighted by Crippen LogP contribution is -2.37. The Balaban J connectivity index is 2.31. The Morgan fingerprint density at radius 1 is 1.40 bits per heavy atom. The average molecular weight is 301 g/mol. The quantitative estimate of drug-likeness (QED) is 0.875. The first kappa shape index (κ1) is 15.4. The third-order valence-corrected chi connectivity index (χ3v) is 5.79. The largest absolute Gasteiger partial charge is 0.392 e. The molecule has 112 valence electrons. The van der Waals surface area contributed by atoms with Gasteiger partial charge >= 0.3 is 0 Å². The van der Waals surface area contributed by atoms with Crippen molar-refractivity contribution in [1.29, 1.82) is 0 Å². The molecule has 0 atom stereocenters. The zero-order valence-electron chi connectivity index (χ0n) is 11.5. The van der Waals surface area contributed by atoms with Crippen molar-refractivity contribution >= 4 is 10.0 Å². The molecule has 1 aliphatic rings. The Kier molecular flexibility index (Phi) is 4.78. The zero-order chi connectivity index (χ0) is 14.8. The van der Waals surface area contributed by atoms with E-state index in [0.29, 0.717) is 24.6 Å². The molecule has 0 unspecified atom stereocenters. The highest BCUT2D eigenvalue weighted by Gasteiger charge is 2.30. The van der Waals surface area contributed by atoms with Gasteiger partial charge in [-0.2, -0.15) is 4.31 Å². The number of nitrogens with zero attached hydrogens (tertiary/aromatic N) is 1. The van der Waals surface area contributed by atoms with Crippen LogP contribution < -0.4 is 0 Å². The van der Waals surface area contributed by atoms with Gasteiger partial charge < -0.3 is 5.11 Å². The summed E-state index contributed by atoms with van der Waals surface area (Å²) in [5.41, 5.74) is 0.393. The summed E-state index contributed by atoms with van der Waals surface area (Å²) in [6.45, 7) is 2.21. The van der Waals surface area contributed by atoms with Gasteiger partial charge in [-0.1, -0.05) is 19.4 Å². The summed E-state index contributed by atoms with van der Waals surface area (Å²) in [5, 5.41) is 9.08. The molecule has 1 saturated carbocycles. The Hall–Kier alpha value is -0.980. The van der Waals surface area contributed by atoms with Gasteiger partial charge in [-0.05, 0) is 36.5 Å². The summed E-state index contributed by atoms with van der Waals surface area (Å²) in [5.74, 6) is -0.386. The highest BCUT2D eigenvalue weighted by atomic mass is 32.2. The van der Waals surface area contributed by atoms with E-state index in [0.717, 1.165) is 25.3 Å². The molecule has 4 nitrogen and oxygen atoms in total. The van der Waals surface area contributed by atoms with E-state index in [-0.39, 0.29) is 11.5 Å². The summed E-state index contributed by atoms with van der Waals surface area (Å²) in [6, 6.07) is 3.69. The number of benzene rings is 1. The highest BCUT2D eigenvalue weighted by Crippen LogP contribution is 2.29. The lowest BCUT2D eigenvalue weighted by atomic mass is 9.85. The molecule has 0 aromatic heterocycles. The first-order chi connectivity index (χ1) is 9.48. The van der Waals surface area contributed by atoms with Crippen LogP contribution in [0.4, 0.5) is 4.39 Å². The van der Waals surface area contributed by atoms with Crippen LogP contribution in [0.25, 0.3) is 0 Å². The Bertz CT molecular complexity index is 570. The number of hydrogen-bond donors (Lipinski definition) is 1. The molecular weight excluding hydrogens is 281 g/mol. The number of aliphatic hydroxyl groups is 1. The van der Waals surface area contributed by atoms with Crippen molar-refractivity contribution in [2.24, 2.45) is 5.92 Å². The number of hydrogen-bond acceptors (Lipinski definition) is 3. The molecule has 0 heterocycles. The number of halogens is 1. The minimum atomic E-state index is -3.84. The topological polar surface area (TPSA) is 57.6 Å².